The Morgan fingerprint density at radius 1 is 1.50 bits per heavy atom. The van der Waals surface area contributed by atoms with Gasteiger partial charge in [-0.3, -0.25) is 4.79 Å². The zero-order valence-electron chi connectivity index (χ0n) is 9.92. The lowest BCUT2D eigenvalue weighted by atomic mass is 10.2. The number of H-pyrrole nitrogens is 1. The summed E-state index contributed by atoms with van der Waals surface area (Å²) in [6.07, 6.45) is 5.20. The highest BCUT2D eigenvalue weighted by molar-refractivity contribution is 5.70. The fourth-order valence-electron chi connectivity index (χ4n) is 1.40. The Morgan fingerprint density at radius 2 is 2.22 bits per heavy atom. The van der Waals surface area contributed by atoms with Crippen LogP contribution in [-0.4, -0.2) is 32.6 Å². The lowest BCUT2D eigenvalue weighted by molar-refractivity contribution is -0.140. The van der Waals surface area contributed by atoms with Crippen LogP contribution in [0, 0.1) is 5.92 Å². The molecule has 2 heterocycles. The summed E-state index contributed by atoms with van der Waals surface area (Å²) in [5.41, 5.74) is 1.83. The van der Waals surface area contributed by atoms with Crippen LogP contribution in [0.1, 0.15) is 6.92 Å². The predicted octanol–water partition coefficient (Wildman–Crippen LogP) is 1.60. The molecule has 0 fully saturated rings. The third-order valence-corrected chi connectivity index (χ3v) is 2.55. The van der Waals surface area contributed by atoms with Crippen molar-refractivity contribution in [2.75, 3.05) is 11.9 Å². The predicted molar refractivity (Wildman–Crippen MR) is 67.1 cm³/mol. The molecule has 94 valence electrons. The second kappa shape index (κ2) is 5.31. The fourth-order valence-corrected chi connectivity index (χ4v) is 1.40. The Bertz CT molecular complexity index is 507. The van der Waals surface area contributed by atoms with Gasteiger partial charge in [0.1, 0.15) is 0 Å². The van der Waals surface area contributed by atoms with E-state index in [-0.39, 0.29) is 0 Å². The number of nitrogens with one attached hydrogen (secondary N) is 2. The van der Waals surface area contributed by atoms with E-state index in [0.717, 1.165) is 11.3 Å². The summed E-state index contributed by atoms with van der Waals surface area (Å²) < 4.78 is 0. The SMILES string of the molecule is CC(CNc1ncc(-c2ccc[nH]2)cn1)C(=O)O. The Labute approximate surface area is 104 Å². The molecule has 2 rings (SSSR count). The van der Waals surface area contributed by atoms with Crippen molar-refractivity contribution < 1.29 is 9.90 Å². The molecule has 1 atom stereocenters. The molecule has 0 spiro atoms. The molecule has 0 aromatic carbocycles. The van der Waals surface area contributed by atoms with E-state index in [4.69, 9.17) is 5.11 Å². The minimum absolute atomic E-state index is 0.303. The maximum Gasteiger partial charge on any atom is 0.308 e. The molecule has 18 heavy (non-hydrogen) atoms. The smallest absolute Gasteiger partial charge is 0.308 e. The maximum absolute atomic E-state index is 10.6. The summed E-state index contributed by atoms with van der Waals surface area (Å²) in [6, 6.07) is 3.83. The first-order valence-electron chi connectivity index (χ1n) is 5.59. The molecule has 6 heteroatoms. The van der Waals surface area contributed by atoms with Crippen LogP contribution in [0.3, 0.4) is 0 Å². The van der Waals surface area contributed by atoms with Crippen molar-refractivity contribution in [2.24, 2.45) is 5.92 Å². The van der Waals surface area contributed by atoms with Gasteiger partial charge in [0.05, 0.1) is 5.92 Å². The van der Waals surface area contributed by atoms with E-state index in [2.05, 4.69) is 20.3 Å². The van der Waals surface area contributed by atoms with Gasteiger partial charge in [-0.05, 0) is 12.1 Å². The quantitative estimate of drug-likeness (QED) is 0.745. The van der Waals surface area contributed by atoms with Crippen molar-refractivity contribution >= 4 is 11.9 Å². The first kappa shape index (κ1) is 12.1. The second-order valence-electron chi connectivity index (χ2n) is 4.00. The van der Waals surface area contributed by atoms with Gasteiger partial charge in [0.2, 0.25) is 5.95 Å². The summed E-state index contributed by atoms with van der Waals surface area (Å²) in [5, 5.41) is 11.6. The largest absolute Gasteiger partial charge is 0.481 e. The van der Waals surface area contributed by atoms with E-state index in [1.165, 1.54) is 0 Å². The van der Waals surface area contributed by atoms with Gasteiger partial charge in [-0.1, -0.05) is 6.92 Å². The third-order valence-electron chi connectivity index (χ3n) is 2.55. The highest BCUT2D eigenvalue weighted by atomic mass is 16.4. The molecule has 0 aliphatic carbocycles. The van der Waals surface area contributed by atoms with E-state index in [1.807, 2.05) is 18.3 Å². The van der Waals surface area contributed by atoms with Gasteiger partial charge in [0.15, 0.2) is 0 Å². The lowest BCUT2D eigenvalue weighted by Crippen LogP contribution is -2.20. The molecule has 0 saturated heterocycles. The Morgan fingerprint density at radius 3 is 2.78 bits per heavy atom. The number of rotatable bonds is 5. The van der Waals surface area contributed by atoms with Gasteiger partial charge in [-0.25, -0.2) is 9.97 Å². The summed E-state index contributed by atoms with van der Waals surface area (Å²) in [4.78, 5) is 22.0. The zero-order valence-corrected chi connectivity index (χ0v) is 9.92. The van der Waals surface area contributed by atoms with Gasteiger partial charge in [0.25, 0.3) is 0 Å². The van der Waals surface area contributed by atoms with Crippen LogP contribution in [0.25, 0.3) is 11.3 Å². The van der Waals surface area contributed by atoms with Crippen LogP contribution < -0.4 is 5.32 Å². The molecule has 0 radical (unpaired) electrons. The van der Waals surface area contributed by atoms with Crippen LogP contribution in [0.2, 0.25) is 0 Å². The van der Waals surface area contributed by atoms with Crippen molar-refractivity contribution in [3.05, 3.63) is 30.7 Å². The van der Waals surface area contributed by atoms with Crippen LogP contribution in [-0.2, 0) is 4.79 Å². The molecule has 0 saturated carbocycles. The van der Waals surface area contributed by atoms with Crippen molar-refractivity contribution in [3.8, 4) is 11.3 Å². The van der Waals surface area contributed by atoms with Gasteiger partial charge < -0.3 is 15.4 Å². The molecular formula is C12H14N4O2. The summed E-state index contributed by atoms with van der Waals surface area (Å²) in [5.74, 6) is -0.888. The monoisotopic (exact) mass is 246 g/mol. The molecule has 0 aliphatic heterocycles. The molecule has 1 unspecified atom stereocenters. The topological polar surface area (TPSA) is 90.9 Å². The van der Waals surface area contributed by atoms with E-state index in [0.29, 0.717) is 12.5 Å². The standard InChI is InChI=1S/C12H14N4O2/c1-8(11(17)18)5-14-12-15-6-9(7-16-12)10-3-2-4-13-10/h2-4,6-8,13H,5H2,1H3,(H,17,18)(H,14,15,16). The molecule has 2 aromatic heterocycles. The number of aliphatic carboxylic acids is 1. The highest BCUT2D eigenvalue weighted by Crippen LogP contribution is 2.15. The summed E-state index contributed by atoms with van der Waals surface area (Å²) in [7, 11) is 0. The fraction of sp³-hybridized carbons (Fsp3) is 0.250. The molecule has 0 aliphatic rings. The van der Waals surface area contributed by atoms with Gasteiger partial charge in [-0.2, -0.15) is 0 Å². The Hall–Kier alpha value is -2.37. The van der Waals surface area contributed by atoms with Crippen LogP contribution in [0.4, 0.5) is 5.95 Å². The molecule has 0 amide bonds. The molecule has 6 nitrogen and oxygen atoms in total. The van der Waals surface area contributed by atoms with Crippen molar-refractivity contribution in [3.63, 3.8) is 0 Å². The van der Waals surface area contributed by atoms with E-state index < -0.39 is 11.9 Å². The average molecular weight is 246 g/mol. The molecule has 2 aromatic rings. The van der Waals surface area contributed by atoms with E-state index in [1.54, 1.807) is 19.3 Å². The first-order chi connectivity index (χ1) is 8.66. The first-order valence-corrected chi connectivity index (χ1v) is 5.59. The van der Waals surface area contributed by atoms with E-state index >= 15 is 0 Å². The average Bonchev–Trinajstić information content (AvgIpc) is 2.90. The minimum Gasteiger partial charge on any atom is -0.481 e. The lowest BCUT2D eigenvalue weighted by Gasteiger charge is -2.08. The highest BCUT2D eigenvalue weighted by Gasteiger charge is 2.10. The number of hydrogen-bond donors (Lipinski definition) is 3. The summed E-state index contributed by atoms with van der Waals surface area (Å²) >= 11 is 0. The minimum atomic E-state index is -0.842. The van der Waals surface area contributed by atoms with Gasteiger partial charge >= 0.3 is 5.97 Å². The van der Waals surface area contributed by atoms with Crippen LogP contribution in [0.5, 0.6) is 0 Å². The number of anilines is 1. The normalized spacial score (nSPS) is 12.1. The number of carbonyl (C=O) groups is 1. The number of aromatic amines is 1. The molecular weight excluding hydrogens is 232 g/mol. The third kappa shape index (κ3) is 2.85. The van der Waals surface area contributed by atoms with Crippen molar-refractivity contribution in [2.45, 2.75) is 6.92 Å². The van der Waals surface area contributed by atoms with Crippen LogP contribution in [0.15, 0.2) is 30.7 Å². The number of aromatic nitrogens is 3. The number of carboxylic acid groups (broad SMARTS) is 1. The Balaban J connectivity index is 1.98. The van der Waals surface area contributed by atoms with Gasteiger partial charge in [0, 0.05) is 36.4 Å². The second-order valence-corrected chi connectivity index (χ2v) is 4.00. The summed E-state index contributed by atoms with van der Waals surface area (Å²) in [6.45, 7) is 1.93. The number of nitrogens with zero attached hydrogens (tertiary/aromatic N) is 2. The molecule has 3 N–H and O–H groups in total. The number of hydrogen-bond acceptors (Lipinski definition) is 4. The Kier molecular flexibility index (Phi) is 3.57. The molecule has 0 bridgehead atoms. The van der Waals surface area contributed by atoms with Crippen molar-refractivity contribution in [1.82, 2.24) is 15.0 Å². The number of carboxylic acids is 1. The maximum atomic E-state index is 10.6. The van der Waals surface area contributed by atoms with Crippen molar-refractivity contribution in [1.29, 1.82) is 0 Å². The van der Waals surface area contributed by atoms with Gasteiger partial charge in [-0.15, -0.1) is 0 Å². The zero-order chi connectivity index (χ0) is 13.0. The van der Waals surface area contributed by atoms with Crippen LogP contribution >= 0.6 is 0 Å². The van der Waals surface area contributed by atoms with E-state index in [9.17, 15) is 4.79 Å².